The number of nitrogens with zero attached hydrogens (tertiary/aromatic N) is 2. The molecular weight excluding hydrogens is 206 g/mol. The van der Waals surface area contributed by atoms with Gasteiger partial charge in [0, 0.05) is 18.2 Å². The minimum atomic E-state index is -0.834. The Kier molecular flexibility index (Phi) is 3.82. The Bertz CT molecular complexity index is 372. The van der Waals surface area contributed by atoms with Gasteiger partial charge in [-0.25, -0.2) is 9.97 Å². The number of anilines is 1. The summed E-state index contributed by atoms with van der Waals surface area (Å²) in [5, 5.41) is 11.4. The van der Waals surface area contributed by atoms with Crippen LogP contribution in [-0.2, 0) is 10.2 Å². The van der Waals surface area contributed by atoms with E-state index in [4.69, 9.17) is 5.11 Å². The highest BCUT2D eigenvalue weighted by molar-refractivity contribution is 5.67. The van der Waals surface area contributed by atoms with Crippen molar-refractivity contribution in [3.05, 3.63) is 18.0 Å². The lowest BCUT2D eigenvalue weighted by Gasteiger charge is -2.17. The average molecular weight is 223 g/mol. The summed E-state index contributed by atoms with van der Waals surface area (Å²) in [5.41, 5.74) is 0.895. The Labute approximate surface area is 94.9 Å². The van der Waals surface area contributed by atoms with E-state index in [0.29, 0.717) is 12.5 Å². The van der Waals surface area contributed by atoms with E-state index < -0.39 is 5.97 Å². The van der Waals surface area contributed by atoms with Gasteiger partial charge < -0.3 is 10.4 Å². The third kappa shape index (κ3) is 3.84. The minimum absolute atomic E-state index is 0.0355. The number of aromatic nitrogens is 2. The molecule has 1 heterocycles. The van der Waals surface area contributed by atoms with Crippen molar-refractivity contribution in [2.75, 3.05) is 11.9 Å². The zero-order valence-corrected chi connectivity index (χ0v) is 9.82. The summed E-state index contributed by atoms with van der Waals surface area (Å²) in [7, 11) is 0. The lowest BCUT2D eigenvalue weighted by atomic mass is 9.92. The largest absolute Gasteiger partial charge is 0.481 e. The third-order valence-electron chi connectivity index (χ3n) is 2.05. The average Bonchev–Trinajstić information content (AvgIpc) is 2.16. The zero-order valence-electron chi connectivity index (χ0n) is 9.82. The summed E-state index contributed by atoms with van der Waals surface area (Å²) in [6.07, 6.45) is 1.74. The van der Waals surface area contributed by atoms with E-state index in [1.165, 1.54) is 0 Å². The highest BCUT2D eigenvalue weighted by Crippen LogP contribution is 2.19. The number of nitrogens with one attached hydrogen (secondary N) is 1. The van der Waals surface area contributed by atoms with E-state index >= 15 is 0 Å². The molecule has 1 rings (SSSR count). The molecule has 0 amide bonds. The van der Waals surface area contributed by atoms with E-state index in [9.17, 15) is 4.79 Å². The first-order valence-electron chi connectivity index (χ1n) is 5.19. The molecule has 0 bridgehead atoms. The molecule has 0 unspecified atom stereocenters. The second kappa shape index (κ2) is 4.92. The van der Waals surface area contributed by atoms with Crippen molar-refractivity contribution in [2.45, 2.75) is 32.6 Å². The molecule has 0 aliphatic carbocycles. The van der Waals surface area contributed by atoms with Crippen molar-refractivity contribution >= 4 is 11.9 Å². The molecule has 0 spiro atoms. The first-order chi connectivity index (χ1) is 7.39. The molecule has 0 aromatic carbocycles. The van der Waals surface area contributed by atoms with Crippen molar-refractivity contribution in [3.8, 4) is 0 Å². The molecule has 16 heavy (non-hydrogen) atoms. The van der Waals surface area contributed by atoms with Gasteiger partial charge in [0.25, 0.3) is 0 Å². The molecule has 0 fully saturated rings. The first-order valence-corrected chi connectivity index (χ1v) is 5.19. The van der Waals surface area contributed by atoms with Crippen LogP contribution in [0.3, 0.4) is 0 Å². The van der Waals surface area contributed by atoms with Crippen LogP contribution < -0.4 is 5.32 Å². The van der Waals surface area contributed by atoms with Crippen molar-refractivity contribution in [2.24, 2.45) is 0 Å². The lowest BCUT2D eigenvalue weighted by molar-refractivity contribution is -0.136. The van der Waals surface area contributed by atoms with Crippen LogP contribution in [0.4, 0.5) is 5.95 Å². The van der Waals surface area contributed by atoms with Gasteiger partial charge in [0.2, 0.25) is 5.95 Å². The summed E-state index contributed by atoms with van der Waals surface area (Å²) in [6.45, 7) is 6.53. The van der Waals surface area contributed by atoms with Gasteiger partial charge >= 0.3 is 5.97 Å². The fourth-order valence-corrected chi connectivity index (χ4v) is 1.14. The quantitative estimate of drug-likeness (QED) is 0.812. The molecule has 88 valence electrons. The molecule has 0 aliphatic rings. The molecule has 0 saturated carbocycles. The number of carboxylic acids is 1. The van der Waals surface area contributed by atoms with Crippen LogP contribution in [0, 0.1) is 0 Å². The summed E-state index contributed by atoms with van der Waals surface area (Å²) in [6, 6.07) is 1.86. The van der Waals surface area contributed by atoms with Gasteiger partial charge in [-0.3, -0.25) is 4.79 Å². The maximum Gasteiger partial charge on any atom is 0.305 e. The van der Waals surface area contributed by atoms with E-state index in [1.807, 2.05) is 6.07 Å². The first kappa shape index (κ1) is 12.4. The summed E-state index contributed by atoms with van der Waals surface area (Å²) in [5.74, 6) is -0.354. The number of hydrogen-bond acceptors (Lipinski definition) is 4. The SMILES string of the molecule is CC(C)(C)c1ccnc(NCCC(=O)O)n1. The smallest absolute Gasteiger partial charge is 0.305 e. The second-order valence-electron chi connectivity index (χ2n) is 4.59. The Hall–Kier alpha value is -1.65. The second-order valence-corrected chi connectivity index (χ2v) is 4.59. The van der Waals surface area contributed by atoms with Gasteiger partial charge in [0.1, 0.15) is 0 Å². The van der Waals surface area contributed by atoms with Crippen LogP contribution >= 0.6 is 0 Å². The zero-order chi connectivity index (χ0) is 12.2. The molecule has 0 radical (unpaired) electrons. The normalized spacial score (nSPS) is 11.2. The van der Waals surface area contributed by atoms with Gasteiger partial charge in [0.15, 0.2) is 0 Å². The van der Waals surface area contributed by atoms with Crippen LogP contribution in [0.1, 0.15) is 32.9 Å². The van der Waals surface area contributed by atoms with Gasteiger partial charge in [-0.15, -0.1) is 0 Å². The number of aliphatic carboxylic acids is 1. The molecule has 5 heteroatoms. The van der Waals surface area contributed by atoms with Crippen LogP contribution in [0.25, 0.3) is 0 Å². The van der Waals surface area contributed by atoms with Crippen LogP contribution in [0.2, 0.25) is 0 Å². The Morgan fingerprint density at radius 3 is 2.75 bits per heavy atom. The predicted molar refractivity (Wildman–Crippen MR) is 61.5 cm³/mol. The van der Waals surface area contributed by atoms with Crippen molar-refractivity contribution < 1.29 is 9.90 Å². The van der Waals surface area contributed by atoms with Gasteiger partial charge in [-0.2, -0.15) is 0 Å². The van der Waals surface area contributed by atoms with Gasteiger partial charge in [-0.1, -0.05) is 20.8 Å². The molecule has 2 N–H and O–H groups in total. The van der Waals surface area contributed by atoms with Gasteiger partial charge in [0.05, 0.1) is 12.1 Å². The Morgan fingerprint density at radius 2 is 2.19 bits per heavy atom. The summed E-state index contributed by atoms with van der Waals surface area (Å²) < 4.78 is 0. The van der Waals surface area contributed by atoms with E-state index in [2.05, 4.69) is 36.1 Å². The maximum absolute atomic E-state index is 10.3. The maximum atomic E-state index is 10.3. The van der Waals surface area contributed by atoms with Crippen molar-refractivity contribution in [3.63, 3.8) is 0 Å². The third-order valence-corrected chi connectivity index (χ3v) is 2.05. The molecule has 0 saturated heterocycles. The summed E-state index contributed by atoms with van der Waals surface area (Å²) >= 11 is 0. The van der Waals surface area contributed by atoms with Crippen LogP contribution in [0.5, 0.6) is 0 Å². The molecule has 1 aromatic rings. The molecule has 1 aromatic heterocycles. The number of carbonyl (C=O) groups is 1. The fraction of sp³-hybridized carbons (Fsp3) is 0.545. The summed E-state index contributed by atoms with van der Waals surface area (Å²) in [4.78, 5) is 18.7. The molecule has 0 atom stereocenters. The van der Waals surface area contributed by atoms with E-state index in [1.54, 1.807) is 6.20 Å². The minimum Gasteiger partial charge on any atom is -0.481 e. The Balaban J connectivity index is 2.64. The highest BCUT2D eigenvalue weighted by Gasteiger charge is 2.15. The van der Waals surface area contributed by atoms with Crippen molar-refractivity contribution in [1.29, 1.82) is 0 Å². The number of hydrogen-bond donors (Lipinski definition) is 2. The van der Waals surface area contributed by atoms with Crippen molar-refractivity contribution in [1.82, 2.24) is 9.97 Å². The highest BCUT2D eigenvalue weighted by atomic mass is 16.4. The number of carboxylic acid groups (broad SMARTS) is 1. The molecule has 0 aliphatic heterocycles. The van der Waals surface area contributed by atoms with Crippen LogP contribution in [0.15, 0.2) is 12.3 Å². The standard InChI is InChI=1S/C11H17N3O2/c1-11(2,3)8-4-6-12-10(14-8)13-7-5-9(15)16/h4,6H,5,7H2,1-3H3,(H,15,16)(H,12,13,14). The van der Waals surface area contributed by atoms with E-state index in [-0.39, 0.29) is 11.8 Å². The predicted octanol–water partition coefficient (Wildman–Crippen LogP) is 1.66. The lowest BCUT2D eigenvalue weighted by Crippen LogP contribution is -2.16. The monoisotopic (exact) mass is 223 g/mol. The van der Waals surface area contributed by atoms with Crippen LogP contribution in [-0.4, -0.2) is 27.6 Å². The molecular formula is C11H17N3O2. The number of rotatable bonds is 4. The fourth-order valence-electron chi connectivity index (χ4n) is 1.14. The van der Waals surface area contributed by atoms with Gasteiger partial charge in [-0.05, 0) is 6.07 Å². The topological polar surface area (TPSA) is 75.1 Å². The molecule has 5 nitrogen and oxygen atoms in total. The van der Waals surface area contributed by atoms with E-state index in [0.717, 1.165) is 5.69 Å². The Morgan fingerprint density at radius 1 is 1.50 bits per heavy atom.